The monoisotopic (exact) mass is 404 g/mol. The summed E-state index contributed by atoms with van der Waals surface area (Å²) in [5.74, 6) is 0.829. The van der Waals surface area contributed by atoms with Crippen LogP contribution < -0.4 is 0 Å². The van der Waals surface area contributed by atoms with E-state index in [9.17, 15) is 0 Å². The molecule has 0 bridgehead atoms. The van der Waals surface area contributed by atoms with Crippen molar-refractivity contribution in [2.24, 2.45) is 10.8 Å². The number of benzene rings is 2. The van der Waals surface area contributed by atoms with Crippen molar-refractivity contribution >= 4 is 0 Å². The van der Waals surface area contributed by atoms with Gasteiger partial charge in [0.05, 0.1) is 0 Å². The first kappa shape index (κ1) is 23.1. The van der Waals surface area contributed by atoms with E-state index in [1.165, 1.54) is 22.3 Å². The van der Waals surface area contributed by atoms with Crippen LogP contribution >= 0.6 is 0 Å². The molecule has 2 aromatic rings. The molecule has 0 aliphatic heterocycles. The second-order valence-corrected chi connectivity index (χ2v) is 13.8. The van der Waals surface area contributed by atoms with E-state index >= 15 is 0 Å². The zero-order chi connectivity index (χ0) is 22.9. The van der Waals surface area contributed by atoms with Crippen LogP contribution in [0.15, 0.2) is 36.4 Å². The highest BCUT2D eigenvalue weighted by molar-refractivity contribution is 5.57. The summed E-state index contributed by atoms with van der Waals surface area (Å²) in [6, 6.07) is 14.7. The number of hydrogen-bond donors (Lipinski definition) is 0. The molecular formula is C30H44. The van der Waals surface area contributed by atoms with Crippen molar-refractivity contribution in [1.29, 1.82) is 0 Å². The first-order valence-corrected chi connectivity index (χ1v) is 11.7. The fraction of sp³-hybridized carbons (Fsp3) is 0.600. The van der Waals surface area contributed by atoms with Crippen LogP contribution in [-0.2, 0) is 10.8 Å². The first-order valence-electron chi connectivity index (χ1n) is 11.7. The van der Waals surface area contributed by atoms with Gasteiger partial charge in [0.25, 0.3) is 0 Å². The van der Waals surface area contributed by atoms with Crippen LogP contribution in [0.4, 0.5) is 0 Å². The van der Waals surface area contributed by atoms with E-state index in [4.69, 9.17) is 0 Å². The summed E-state index contributed by atoms with van der Waals surface area (Å²) in [5, 5.41) is 0. The SMILES string of the molecule is CC(C)(C)c1ccc2c(c1)C(C(C)(C)C)c1ccc(C(C)(C)C)cc1C2C(C)(C)C. The standard InChI is InChI=1S/C30H44/c1-27(2,3)19-13-15-21-23(17-19)25(29(7,8)9)22-16-14-20(28(4,5)6)18-24(22)26(21)30(10,11)12/h13-18,25-26H,1-12H3. The molecule has 0 saturated carbocycles. The number of hydrogen-bond acceptors (Lipinski definition) is 0. The Hall–Kier alpha value is -1.56. The third kappa shape index (κ3) is 4.12. The molecule has 0 nitrogen and oxygen atoms in total. The van der Waals surface area contributed by atoms with Crippen LogP contribution in [0.25, 0.3) is 0 Å². The molecule has 0 saturated heterocycles. The number of fused-ring (bicyclic) bond motifs is 2. The van der Waals surface area contributed by atoms with Gasteiger partial charge in [-0.1, -0.05) is 119 Å². The Bertz CT molecular complexity index is 850. The van der Waals surface area contributed by atoms with Gasteiger partial charge >= 0.3 is 0 Å². The highest BCUT2D eigenvalue weighted by Crippen LogP contribution is 2.56. The lowest BCUT2D eigenvalue weighted by Crippen LogP contribution is -2.33. The Labute approximate surface area is 186 Å². The van der Waals surface area contributed by atoms with E-state index in [0.29, 0.717) is 11.8 Å². The molecule has 1 aliphatic rings. The summed E-state index contributed by atoms with van der Waals surface area (Å²) in [6.07, 6.45) is 0. The van der Waals surface area contributed by atoms with Crippen molar-refractivity contribution in [3.8, 4) is 0 Å². The Kier molecular flexibility index (Phi) is 5.37. The molecule has 2 unspecified atom stereocenters. The van der Waals surface area contributed by atoms with Gasteiger partial charge in [0, 0.05) is 11.8 Å². The van der Waals surface area contributed by atoms with Gasteiger partial charge in [-0.2, -0.15) is 0 Å². The molecular weight excluding hydrogens is 360 g/mol. The summed E-state index contributed by atoms with van der Waals surface area (Å²) in [4.78, 5) is 0. The molecule has 30 heavy (non-hydrogen) atoms. The fourth-order valence-electron chi connectivity index (χ4n) is 5.31. The van der Waals surface area contributed by atoms with E-state index < -0.39 is 0 Å². The second kappa shape index (κ2) is 6.98. The third-order valence-electron chi connectivity index (χ3n) is 6.88. The molecule has 0 radical (unpaired) electrons. The Balaban J connectivity index is 2.39. The van der Waals surface area contributed by atoms with Gasteiger partial charge in [0.2, 0.25) is 0 Å². The Morgan fingerprint density at radius 3 is 0.967 bits per heavy atom. The zero-order valence-electron chi connectivity index (χ0n) is 21.6. The second-order valence-electron chi connectivity index (χ2n) is 13.8. The fourth-order valence-corrected chi connectivity index (χ4v) is 5.31. The predicted molar refractivity (Wildman–Crippen MR) is 133 cm³/mol. The van der Waals surface area contributed by atoms with Crippen molar-refractivity contribution in [2.75, 3.05) is 0 Å². The molecule has 0 amide bonds. The van der Waals surface area contributed by atoms with E-state index in [2.05, 4.69) is 119 Å². The summed E-state index contributed by atoms with van der Waals surface area (Å²) in [5.41, 5.74) is 9.68. The largest absolute Gasteiger partial charge is 0.0593 e. The molecule has 0 fully saturated rings. The van der Waals surface area contributed by atoms with E-state index in [-0.39, 0.29) is 21.7 Å². The first-order chi connectivity index (χ1) is 13.4. The van der Waals surface area contributed by atoms with Gasteiger partial charge in [-0.3, -0.25) is 0 Å². The summed E-state index contributed by atoms with van der Waals surface area (Å²) < 4.78 is 0. The van der Waals surface area contributed by atoms with Crippen molar-refractivity contribution in [3.63, 3.8) is 0 Å². The van der Waals surface area contributed by atoms with Crippen molar-refractivity contribution in [2.45, 2.75) is 106 Å². The van der Waals surface area contributed by atoms with Crippen molar-refractivity contribution in [1.82, 2.24) is 0 Å². The average Bonchev–Trinajstić information content (AvgIpc) is 2.54. The maximum absolute atomic E-state index is 2.53. The molecule has 3 rings (SSSR count). The quantitative estimate of drug-likeness (QED) is 0.411. The maximum atomic E-state index is 2.53. The Morgan fingerprint density at radius 1 is 0.433 bits per heavy atom. The zero-order valence-corrected chi connectivity index (χ0v) is 21.6. The lowest BCUT2D eigenvalue weighted by Gasteiger charge is -2.46. The van der Waals surface area contributed by atoms with Crippen LogP contribution in [0.5, 0.6) is 0 Å². The van der Waals surface area contributed by atoms with Crippen LogP contribution in [0.3, 0.4) is 0 Å². The molecule has 0 heteroatoms. The van der Waals surface area contributed by atoms with Crippen LogP contribution in [0.1, 0.15) is 128 Å². The summed E-state index contributed by atoms with van der Waals surface area (Å²) in [7, 11) is 0. The maximum Gasteiger partial charge on any atom is 0.0144 e. The average molecular weight is 405 g/mol. The highest BCUT2D eigenvalue weighted by atomic mass is 14.5. The van der Waals surface area contributed by atoms with Crippen molar-refractivity contribution < 1.29 is 0 Å². The smallest absolute Gasteiger partial charge is 0.0144 e. The molecule has 0 N–H and O–H groups in total. The lowest BCUT2D eigenvalue weighted by atomic mass is 9.58. The molecule has 164 valence electrons. The van der Waals surface area contributed by atoms with Gasteiger partial charge in [-0.25, -0.2) is 0 Å². The van der Waals surface area contributed by atoms with E-state index in [1.54, 1.807) is 11.1 Å². The molecule has 1 aliphatic carbocycles. The van der Waals surface area contributed by atoms with Gasteiger partial charge in [-0.05, 0) is 55.0 Å². The number of rotatable bonds is 0. The summed E-state index contributed by atoms with van der Waals surface area (Å²) >= 11 is 0. The van der Waals surface area contributed by atoms with Gasteiger partial charge in [-0.15, -0.1) is 0 Å². The van der Waals surface area contributed by atoms with E-state index in [0.717, 1.165) is 0 Å². The minimum Gasteiger partial charge on any atom is -0.0593 e. The van der Waals surface area contributed by atoms with Crippen LogP contribution in [0.2, 0.25) is 0 Å². The molecule has 2 atom stereocenters. The van der Waals surface area contributed by atoms with Crippen LogP contribution in [0, 0.1) is 10.8 Å². The van der Waals surface area contributed by atoms with Gasteiger partial charge < -0.3 is 0 Å². The molecule has 2 aromatic carbocycles. The van der Waals surface area contributed by atoms with Gasteiger partial charge in [0.15, 0.2) is 0 Å². The summed E-state index contributed by atoms with van der Waals surface area (Å²) in [6.45, 7) is 28.4. The van der Waals surface area contributed by atoms with Crippen molar-refractivity contribution in [3.05, 3.63) is 69.8 Å². The predicted octanol–water partition coefficient (Wildman–Crippen LogP) is 8.95. The molecule has 0 aromatic heterocycles. The highest BCUT2D eigenvalue weighted by Gasteiger charge is 2.42. The Morgan fingerprint density at radius 2 is 0.733 bits per heavy atom. The topological polar surface area (TPSA) is 0 Å². The third-order valence-corrected chi connectivity index (χ3v) is 6.88. The molecule has 0 heterocycles. The van der Waals surface area contributed by atoms with E-state index in [1.807, 2.05) is 0 Å². The minimum absolute atomic E-state index is 0.158. The normalized spacial score (nSPS) is 20.0. The minimum atomic E-state index is 0.158. The van der Waals surface area contributed by atoms with Crippen LogP contribution in [-0.4, -0.2) is 0 Å². The lowest BCUT2D eigenvalue weighted by molar-refractivity contribution is 0.313. The molecule has 0 spiro atoms. The van der Waals surface area contributed by atoms with Gasteiger partial charge in [0.1, 0.15) is 0 Å².